The van der Waals surface area contributed by atoms with Crippen LogP contribution in [0.25, 0.3) is 0 Å². The van der Waals surface area contributed by atoms with E-state index in [4.69, 9.17) is 0 Å². The van der Waals surface area contributed by atoms with Gasteiger partial charge in [0.2, 0.25) is 11.8 Å². The van der Waals surface area contributed by atoms with Crippen LogP contribution in [0.5, 0.6) is 0 Å². The zero-order valence-electron chi connectivity index (χ0n) is 13.7. The summed E-state index contributed by atoms with van der Waals surface area (Å²) in [6.07, 6.45) is 5.22. The molecule has 2 saturated heterocycles. The molecule has 2 fully saturated rings. The minimum absolute atomic E-state index is 0.0464. The predicted molar refractivity (Wildman–Crippen MR) is 83.3 cm³/mol. The number of hydrogen-bond donors (Lipinski definition) is 2. The molecule has 0 bridgehead atoms. The fourth-order valence-corrected chi connectivity index (χ4v) is 3.49. The van der Waals surface area contributed by atoms with Crippen molar-refractivity contribution in [1.82, 2.24) is 15.5 Å². The van der Waals surface area contributed by atoms with E-state index in [-0.39, 0.29) is 35.7 Å². The lowest BCUT2D eigenvalue weighted by atomic mass is 9.98. The molecule has 2 aliphatic rings. The zero-order chi connectivity index (χ0) is 16.3. The Morgan fingerprint density at radius 2 is 1.86 bits per heavy atom. The molecule has 124 valence electrons. The Morgan fingerprint density at radius 1 is 1.18 bits per heavy atom. The van der Waals surface area contributed by atoms with E-state index in [0.717, 1.165) is 32.1 Å². The first-order valence-corrected chi connectivity index (χ1v) is 8.26. The van der Waals surface area contributed by atoms with E-state index in [1.54, 1.807) is 25.8 Å². The second-order valence-electron chi connectivity index (χ2n) is 6.46. The van der Waals surface area contributed by atoms with Crippen molar-refractivity contribution in [2.75, 3.05) is 7.05 Å². The van der Waals surface area contributed by atoms with Crippen molar-refractivity contribution >= 4 is 17.6 Å². The molecule has 0 aliphatic carbocycles. The lowest BCUT2D eigenvalue weighted by Crippen LogP contribution is -2.56. The number of nitrogens with one attached hydrogen (secondary N) is 2. The van der Waals surface area contributed by atoms with Crippen LogP contribution in [0.1, 0.15) is 52.4 Å². The monoisotopic (exact) mass is 309 g/mol. The van der Waals surface area contributed by atoms with Crippen LogP contribution >= 0.6 is 0 Å². The van der Waals surface area contributed by atoms with E-state index in [1.807, 2.05) is 0 Å². The van der Waals surface area contributed by atoms with Crippen molar-refractivity contribution in [2.24, 2.45) is 0 Å². The Bertz CT molecular complexity index is 452. The van der Waals surface area contributed by atoms with Gasteiger partial charge in [-0.25, -0.2) is 0 Å². The molecule has 0 radical (unpaired) electrons. The summed E-state index contributed by atoms with van der Waals surface area (Å²) in [5.41, 5.74) is 0. The highest BCUT2D eigenvalue weighted by Crippen LogP contribution is 2.31. The molecule has 0 aromatic rings. The number of carbonyl (C=O) groups excluding carboxylic acids is 3. The van der Waals surface area contributed by atoms with Crippen LogP contribution in [0.3, 0.4) is 0 Å². The zero-order valence-corrected chi connectivity index (χ0v) is 13.7. The smallest absolute Gasteiger partial charge is 0.246 e. The van der Waals surface area contributed by atoms with Crippen LogP contribution in [0.4, 0.5) is 0 Å². The maximum atomic E-state index is 12.9. The summed E-state index contributed by atoms with van der Waals surface area (Å²) in [4.78, 5) is 38.6. The van der Waals surface area contributed by atoms with Gasteiger partial charge >= 0.3 is 0 Å². The number of nitrogens with zero attached hydrogens (tertiary/aromatic N) is 1. The summed E-state index contributed by atoms with van der Waals surface area (Å²) in [7, 11) is 1.71. The molecule has 2 aliphatic heterocycles. The van der Waals surface area contributed by atoms with Gasteiger partial charge in [0.05, 0.1) is 12.1 Å². The number of hydrogen-bond acceptors (Lipinski definition) is 4. The van der Waals surface area contributed by atoms with Crippen molar-refractivity contribution in [3.63, 3.8) is 0 Å². The Morgan fingerprint density at radius 3 is 2.50 bits per heavy atom. The molecule has 0 aromatic carbocycles. The maximum absolute atomic E-state index is 12.9. The quantitative estimate of drug-likeness (QED) is 0.797. The Hall–Kier alpha value is -1.43. The first-order valence-electron chi connectivity index (χ1n) is 8.26. The number of Topliss-reactive ketones (excluding diaryl/α,β-unsaturated/α-hetero) is 1. The molecule has 4 unspecified atom stereocenters. The van der Waals surface area contributed by atoms with Crippen LogP contribution in [-0.2, 0) is 14.4 Å². The average Bonchev–Trinajstić information content (AvgIpc) is 2.90. The minimum atomic E-state index is -0.508. The van der Waals surface area contributed by atoms with Crippen LogP contribution in [-0.4, -0.2) is 53.7 Å². The second-order valence-corrected chi connectivity index (χ2v) is 6.46. The minimum Gasteiger partial charge on any atom is -0.343 e. The summed E-state index contributed by atoms with van der Waals surface area (Å²) >= 11 is 0. The number of likely N-dealkylation sites (N-methyl/N-ethyl adjacent to an activating group) is 1. The predicted octanol–water partition coefficient (Wildman–Crippen LogP) is 0.602. The highest BCUT2D eigenvalue weighted by Gasteiger charge is 2.42. The highest BCUT2D eigenvalue weighted by atomic mass is 16.2. The third-order valence-corrected chi connectivity index (χ3v) is 4.95. The van der Waals surface area contributed by atoms with Crippen molar-refractivity contribution in [3.8, 4) is 0 Å². The number of carbonyl (C=O) groups is 3. The molecule has 2 heterocycles. The van der Waals surface area contributed by atoms with Gasteiger partial charge < -0.3 is 15.5 Å². The van der Waals surface area contributed by atoms with Crippen molar-refractivity contribution in [1.29, 1.82) is 0 Å². The van der Waals surface area contributed by atoms with E-state index >= 15 is 0 Å². The van der Waals surface area contributed by atoms with Gasteiger partial charge in [0.15, 0.2) is 5.78 Å². The third-order valence-electron chi connectivity index (χ3n) is 4.95. The first kappa shape index (κ1) is 16.9. The Labute approximate surface area is 132 Å². The third kappa shape index (κ3) is 3.48. The van der Waals surface area contributed by atoms with E-state index in [2.05, 4.69) is 10.6 Å². The molecule has 2 rings (SSSR count). The number of fused-ring (bicyclic) bond motifs is 1. The van der Waals surface area contributed by atoms with Gasteiger partial charge in [-0.3, -0.25) is 14.4 Å². The number of amides is 2. The molecule has 2 amide bonds. The maximum Gasteiger partial charge on any atom is 0.246 e. The molecule has 2 N–H and O–H groups in total. The average molecular weight is 309 g/mol. The summed E-state index contributed by atoms with van der Waals surface area (Å²) in [6.45, 7) is 3.32. The fraction of sp³-hybridized carbons (Fsp3) is 0.812. The van der Waals surface area contributed by atoms with E-state index in [1.165, 1.54) is 0 Å². The molecular weight excluding hydrogens is 282 g/mol. The highest BCUT2D eigenvalue weighted by molar-refractivity contribution is 5.93. The van der Waals surface area contributed by atoms with Crippen molar-refractivity contribution in [2.45, 2.75) is 76.5 Å². The van der Waals surface area contributed by atoms with Gasteiger partial charge in [0.25, 0.3) is 0 Å². The van der Waals surface area contributed by atoms with Gasteiger partial charge in [0.1, 0.15) is 6.04 Å². The number of ketones is 1. The molecule has 0 saturated carbocycles. The molecule has 6 heteroatoms. The van der Waals surface area contributed by atoms with Crippen LogP contribution in [0, 0.1) is 0 Å². The molecule has 4 atom stereocenters. The standard InChI is InChI=1S/C16H27N3O3/c1-10(17-3)15(21)18-13-7-5-4-6-12-8-9-14(11(2)20)19(12)16(13)22/h10,12-14,17H,4-9H2,1-3H3,(H,18,21). The topological polar surface area (TPSA) is 78.5 Å². The first-order chi connectivity index (χ1) is 10.5. The molecule has 0 spiro atoms. The fourth-order valence-electron chi connectivity index (χ4n) is 3.49. The SMILES string of the molecule is CNC(C)C(=O)NC1CCCCC2CCC(C(C)=O)N2C1=O. The van der Waals surface area contributed by atoms with Crippen molar-refractivity contribution in [3.05, 3.63) is 0 Å². The van der Waals surface area contributed by atoms with Gasteiger partial charge in [-0.2, -0.15) is 0 Å². The van der Waals surface area contributed by atoms with Crippen LogP contribution in [0.2, 0.25) is 0 Å². The molecule has 0 aromatic heterocycles. The van der Waals surface area contributed by atoms with Gasteiger partial charge in [-0.05, 0) is 46.6 Å². The summed E-state index contributed by atoms with van der Waals surface area (Å²) in [5.74, 6) is -0.208. The summed E-state index contributed by atoms with van der Waals surface area (Å²) in [6, 6.07) is -0.998. The van der Waals surface area contributed by atoms with Gasteiger partial charge in [-0.15, -0.1) is 0 Å². The largest absolute Gasteiger partial charge is 0.343 e. The van der Waals surface area contributed by atoms with Gasteiger partial charge in [-0.1, -0.05) is 12.8 Å². The van der Waals surface area contributed by atoms with Crippen LogP contribution in [0.15, 0.2) is 0 Å². The van der Waals surface area contributed by atoms with E-state index < -0.39 is 6.04 Å². The lowest BCUT2D eigenvalue weighted by Gasteiger charge is -2.35. The van der Waals surface area contributed by atoms with Crippen LogP contribution < -0.4 is 10.6 Å². The molecule has 6 nitrogen and oxygen atoms in total. The van der Waals surface area contributed by atoms with E-state index in [0.29, 0.717) is 6.42 Å². The lowest BCUT2D eigenvalue weighted by molar-refractivity contribution is -0.143. The Balaban J connectivity index is 2.15. The Kier molecular flexibility index (Phi) is 5.56. The second kappa shape index (κ2) is 7.22. The summed E-state index contributed by atoms with van der Waals surface area (Å²) < 4.78 is 0. The van der Waals surface area contributed by atoms with Crippen molar-refractivity contribution < 1.29 is 14.4 Å². The summed E-state index contributed by atoms with van der Waals surface area (Å²) in [5, 5.41) is 5.73. The normalized spacial score (nSPS) is 30.2. The van der Waals surface area contributed by atoms with Gasteiger partial charge in [0, 0.05) is 6.04 Å². The van der Waals surface area contributed by atoms with E-state index in [9.17, 15) is 14.4 Å². The molecular formula is C16H27N3O3. The molecule has 22 heavy (non-hydrogen) atoms. The number of rotatable bonds is 4.